The van der Waals surface area contributed by atoms with Crippen LogP contribution >= 0.6 is 7.82 Å². The number of rotatable bonds is 56. The van der Waals surface area contributed by atoms with Gasteiger partial charge in [0.05, 0.1) is 39.9 Å². The number of quaternary nitrogens is 1. The lowest BCUT2D eigenvalue weighted by molar-refractivity contribution is -0.870. The molecule has 76 heavy (non-hydrogen) atoms. The van der Waals surface area contributed by atoms with E-state index in [1.807, 2.05) is 27.2 Å². The minimum absolute atomic E-state index is 0.00875. The van der Waals surface area contributed by atoms with E-state index in [0.717, 1.165) is 83.5 Å². The Bertz CT molecular complexity index is 1600. The maximum Gasteiger partial charge on any atom is 0.268 e. The minimum Gasteiger partial charge on any atom is -0.756 e. The Morgan fingerprint density at radius 2 is 0.816 bits per heavy atom. The third-order valence-electron chi connectivity index (χ3n) is 13.5. The molecule has 0 rings (SSSR count). The van der Waals surface area contributed by atoms with Gasteiger partial charge in [0.1, 0.15) is 13.2 Å². The number of aliphatic hydroxyl groups is 1. The molecule has 0 aromatic carbocycles. The molecule has 3 atom stereocenters. The molecule has 0 heterocycles. The summed E-state index contributed by atoms with van der Waals surface area (Å²) in [6.45, 7) is 4.50. The molecule has 0 aliphatic heterocycles. The lowest BCUT2D eigenvalue weighted by Gasteiger charge is -2.29. The average molecular weight is 1080 g/mol. The molecular weight excluding hydrogens is 960 g/mol. The fourth-order valence-corrected chi connectivity index (χ4v) is 9.34. The van der Waals surface area contributed by atoms with Crippen molar-refractivity contribution in [2.45, 2.75) is 270 Å². The first kappa shape index (κ1) is 73.2. The lowest BCUT2D eigenvalue weighted by Crippen LogP contribution is -2.45. The summed E-state index contributed by atoms with van der Waals surface area (Å²) in [5.41, 5.74) is 0. The van der Waals surface area contributed by atoms with E-state index in [4.69, 9.17) is 9.05 Å². The van der Waals surface area contributed by atoms with Crippen molar-refractivity contribution in [3.63, 3.8) is 0 Å². The molecule has 9 heteroatoms. The number of carbonyl (C=O) groups is 1. The van der Waals surface area contributed by atoms with Gasteiger partial charge in [-0.05, 0) is 89.9 Å². The maximum absolute atomic E-state index is 13.0. The largest absolute Gasteiger partial charge is 0.756 e. The molecule has 8 nitrogen and oxygen atoms in total. The van der Waals surface area contributed by atoms with Gasteiger partial charge in [-0.15, -0.1) is 0 Å². The summed E-state index contributed by atoms with van der Waals surface area (Å²) in [4.78, 5) is 25.5. The summed E-state index contributed by atoms with van der Waals surface area (Å²) in [6, 6.07) is -0.906. The maximum atomic E-state index is 13.0. The van der Waals surface area contributed by atoms with Crippen molar-refractivity contribution in [1.82, 2.24) is 5.32 Å². The van der Waals surface area contributed by atoms with Gasteiger partial charge < -0.3 is 28.8 Å². The zero-order valence-electron chi connectivity index (χ0n) is 49.9. The lowest BCUT2D eigenvalue weighted by atomic mass is 10.0. The number of phosphoric ester groups is 1. The molecular formula is C67H119N2O6P. The molecule has 2 N–H and O–H groups in total. The van der Waals surface area contributed by atoms with Crippen LogP contribution in [-0.4, -0.2) is 68.5 Å². The van der Waals surface area contributed by atoms with Gasteiger partial charge in [-0.1, -0.05) is 271 Å². The number of unbranched alkanes of at least 4 members (excludes halogenated alkanes) is 27. The highest BCUT2D eigenvalue weighted by atomic mass is 31.2. The van der Waals surface area contributed by atoms with Gasteiger partial charge in [0.15, 0.2) is 0 Å². The molecule has 0 spiro atoms. The van der Waals surface area contributed by atoms with Crippen LogP contribution < -0.4 is 10.2 Å². The van der Waals surface area contributed by atoms with E-state index < -0.39 is 26.6 Å². The predicted octanol–water partition coefficient (Wildman–Crippen LogP) is 18.9. The van der Waals surface area contributed by atoms with Crippen LogP contribution in [0.4, 0.5) is 0 Å². The number of nitrogens with one attached hydrogen (secondary N) is 1. The fourth-order valence-electron chi connectivity index (χ4n) is 8.62. The predicted molar refractivity (Wildman–Crippen MR) is 329 cm³/mol. The van der Waals surface area contributed by atoms with Crippen molar-refractivity contribution in [3.8, 4) is 0 Å². The Kier molecular flexibility index (Phi) is 54.7. The van der Waals surface area contributed by atoms with Crippen LogP contribution in [-0.2, 0) is 18.4 Å². The molecule has 0 fully saturated rings. The summed E-state index contributed by atoms with van der Waals surface area (Å²) in [5, 5.41) is 13.8. The minimum atomic E-state index is -4.61. The van der Waals surface area contributed by atoms with E-state index >= 15 is 0 Å². The van der Waals surface area contributed by atoms with Crippen LogP contribution in [0.2, 0.25) is 0 Å². The third-order valence-corrected chi connectivity index (χ3v) is 14.4. The average Bonchev–Trinajstić information content (AvgIpc) is 3.38. The summed E-state index contributed by atoms with van der Waals surface area (Å²) in [7, 11) is 1.24. The van der Waals surface area contributed by atoms with Gasteiger partial charge in [-0.3, -0.25) is 9.36 Å². The van der Waals surface area contributed by atoms with Crippen molar-refractivity contribution in [2.24, 2.45) is 0 Å². The highest BCUT2D eigenvalue weighted by Crippen LogP contribution is 2.38. The molecule has 0 saturated carbocycles. The zero-order valence-corrected chi connectivity index (χ0v) is 50.8. The van der Waals surface area contributed by atoms with Gasteiger partial charge >= 0.3 is 0 Å². The first-order valence-electron chi connectivity index (χ1n) is 31.2. The summed E-state index contributed by atoms with van der Waals surface area (Å²) < 4.78 is 23.3. The molecule has 3 unspecified atom stereocenters. The molecule has 0 aromatic rings. The van der Waals surface area contributed by atoms with Crippen LogP contribution in [0, 0.1) is 0 Å². The van der Waals surface area contributed by atoms with Gasteiger partial charge in [0, 0.05) is 6.42 Å². The summed E-state index contributed by atoms with van der Waals surface area (Å²) >= 11 is 0. The van der Waals surface area contributed by atoms with Crippen molar-refractivity contribution < 1.29 is 32.9 Å². The molecule has 0 radical (unpaired) electrons. The van der Waals surface area contributed by atoms with Gasteiger partial charge in [0.2, 0.25) is 5.91 Å². The molecule has 0 bridgehead atoms. The number of phosphoric acid groups is 1. The molecule has 0 aliphatic rings. The second-order valence-electron chi connectivity index (χ2n) is 22.0. The van der Waals surface area contributed by atoms with E-state index in [2.05, 4.69) is 116 Å². The van der Waals surface area contributed by atoms with Crippen LogP contribution in [0.5, 0.6) is 0 Å². The standard InChI is InChI=1S/C67H119N2O6P/c1-6-8-10-12-14-16-18-20-21-22-23-24-25-26-27-28-29-30-31-32-33-34-35-36-37-38-39-40-41-42-43-44-45-46-47-49-51-53-55-57-59-61-67(71)68-65(64-75-76(72,73)74-63-62-69(3,4)5)66(70)60-58-56-54-52-50-48-19-17-15-13-11-9-7-2/h8,10,14,16,20-21,23-24,26-27,29-30,32-33,50,52,58,60,65-66,70H,6-7,9,11-13,15,17-19,22,25,28,31,34-49,51,53-57,59,61-64H2,1-5H3,(H-,68,71,72,73)/b10-8-,16-14-,21-20-,24-23-,27-26-,30-29-,33-32-,52-50+,60-58+. The SMILES string of the molecule is CC/C=C\C/C=C\C/C=C\C/C=C\C/C=C\C/C=C\C/C=C\CCCCCCCCCCCCCCCCCCCCCC(=O)NC(COP(=O)([O-])OCC[N+](C)(C)C)C(O)/C=C/CC/C=C/CCCCCCCCC. The van der Waals surface area contributed by atoms with Crippen molar-refractivity contribution >= 4 is 13.7 Å². The number of amides is 1. The van der Waals surface area contributed by atoms with Gasteiger partial charge in [-0.25, -0.2) is 0 Å². The second-order valence-corrected chi connectivity index (χ2v) is 23.4. The first-order valence-corrected chi connectivity index (χ1v) is 32.7. The van der Waals surface area contributed by atoms with Crippen molar-refractivity contribution in [3.05, 3.63) is 109 Å². The Balaban J connectivity index is 3.95. The number of hydrogen-bond donors (Lipinski definition) is 2. The fraction of sp³-hybridized carbons (Fsp3) is 0.716. The van der Waals surface area contributed by atoms with Crippen LogP contribution in [0.15, 0.2) is 109 Å². The number of likely N-dealkylation sites (N-methyl/N-ethyl adjacent to an activating group) is 1. The number of aliphatic hydroxyl groups excluding tert-OH is 1. The Hall–Kier alpha value is -2.84. The number of hydrogen-bond acceptors (Lipinski definition) is 6. The van der Waals surface area contributed by atoms with Crippen LogP contribution in [0.25, 0.3) is 0 Å². The van der Waals surface area contributed by atoms with E-state index in [9.17, 15) is 19.4 Å². The number of allylic oxidation sites excluding steroid dienone is 17. The highest BCUT2D eigenvalue weighted by Gasteiger charge is 2.23. The van der Waals surface area contributed by atoms with Gasteiger partial charge in [-0.2, -0.15) is 0 Å². The molecule has 1 amide bonds. The monoisotopic (exact) mass is 1080 g/mol. The normalized spacial score (nSPS) is 14.6. The summed E-state index contributed by atoms with van der Waals surface area (Å²) in [5.74, 6) is -0.209. The van der Waals surface area contributed by atoms with Crippen LogP contribution in [0.1, 0.15) is 258 Å². The quantitative estimate of drug-likeness (QED) is 0.0272. The topological polar surface area (TPSA) is 108 Å². The van der Waals surface area contributed by atoms with Crippen molar-refractivity contribution in [2.75, 3.05) is 40.9 Å². The van der Waals surface area contributed by atoms with Crippen LogP contribution in [0.3, 0.4) is 0 Å². The Morgan fingerprint density at radius 1 is 0.474 bits per heavy atom. The third kappa shape index (κ3) is 58.8. The smallest absolute Gasteiger partial charge is 0.268 e. The highest BCUT2D eigenvalue weighted by molar-refractivity contribution is 7.45. The zero-order chi connectivity index (χ0) is 55.6. The molecule has 0 saturated heterocycles. The number of nitrogens with zero attached hydrogens (tertiary/aromatic N) is 1. The van der Waals surface area contributed by atoms with E-state index in [0.29, 0.717) is 17.4 Å². The molecule has 0 aromatic heterocycles. The van der Waals surface area contributed by atoms with E-state index in [-0.39, 0.29) is 12.5 Å². The second kappa shape index (κ2) is 56.9. The van der Waals surface area contributed by atoms with Gasteiger partial charge in [0.25, 0.3) is 7.82 Å². The molecule has 0 aliphatic carbocycles. The van der Waals surface area contributed by atoms with Crippen molar-refractivity contribution in [1.29, 1.82) is 0 Å². The Morgan fingerprint density at radius 3 is 1.22 bits per heavy atom. The van der Waals surface area contributed by atoms with E-state index in [1.54, 1.807) is 6.08 Å². The summed E-state index contributed by atoms with van der Waals surface area (Å²) in [6.07, 6.45) is 83.4. The number of carbonyl (C=O) groups excluding carboxylic acids is 1. The Labute approximate surface area is 470 Å². The van der Waals surface area contributed by atoms with E-state index in [1.165, 1.54) is 154 Å². The molecule has 438 valence electrons. The first-order chi connectivity index (χ1) is 37.0.